The van der Waals surface area contributed by atoms with Crippen LogP contribution in [0.25, 0.3) is 0 Å². The Morgan fingerprint density at radius 2 is 2.21 bits per heavy atom. The third kappa shape index (κ3) is 5.28. The Labute approximate surface area is 144 Å². The summed E-state index contributed by atoms with van der Waals surface area (Å²) < 4.78 is 19.5. The number of hydrogen-bond acceptors (Lipinski definition) is 5. The molecule has 1 heterocycles. The number of carboxylic acids is 1. The zero-order valence-corrected chi connectivity index (χ0v) is 14.4. The average molecular weight is 352 g/mol. The summed E-state index contributed by atoms with van der Waals surface area (Å²) in [6.07, 6.45) is 2.93. The van der Waals surface area contributed by atoms with Crippen molar-refractivity contribution in [2.45, 2.75) is 25.7 Å². The molecule has 2 aromatic rings. The topological polar surface area (TPSA) is 71.5 Å². The Balaban J connectivity index is 1.79. The number of rotatable bonds is 10. The van der Waals surface area contributed by atoms with E-state index in [9.17, 15) is 9.18 Å². The van der Waals surface area contributed by atoms with Crippen molar-refractivity contribution in [3.63, 3.8) is 0 Å². The van der Waals surface area contributed by atoms with Crippen LogP contribution >= 0.6 is 11.3 Å². The van der Waals surface area contributed by atoms with Gasteiger partial charge < -0.3 is 15.2 Å². The smallest absolute Gasteiger partial charge is 0.355 e. The van der Waals surface area contributed by atoms with Crippen LogP contribution in [-0.2, 0) is 12.8 Å². The molecule has 1 aromatic heterocycles. The summed E-state index contributed by atoms with van der Waals surface area (Å²) in [6, 6.07) is 5.04. The van der Waals surface area contributed by atoms with Gasteiger partial charge in [0.1, 0.15) is 0 Å². The van der Waals surface area contributed by atoms with Gasteiger partial charge in [0.15, 0.2) is 17.3 Å². The molecule has 0 saturated carbocycles. The molecule has 0 bridgehead atoms. The van der Waals surface area contributed by atoms with Gasteiger partial charge in [-0.25, -0.2) is 14.2 Å². The Hall–Kier alpha value is -1.99. The van der Waals surface area contributed by atoms with Crippen LogP contribution in [0.1, 0.15) is 33.8 Å². The number of nitrogens with one attached hydrogen (secondary N) is 1. The Kier molecular flexibility index (Phi) is 7.14. The highest BCUT2D eigenvalue weighted by molar-refractivity contribution is 7.09. The molecule has 0 saturated heterocycles. The maximum atomic E-state index is 14.0. The first-order chi connectivity index (χ1) is 11.6. The lowest BCUT2D eigenvalue weighted by Gasteiger charge is -2.09. The summed E-state index contributed by atoms with van der Waals surface area (Å²) in [7, 11) is 1.89. The highest BCUT2D eigenvalue weighted by Gasteiger charge is 2.13. The van der Waals surface area contributed by atoms with Crippen molar-refractivity contribution in [3.8, 4) is 5.75 Å². The number of thiazole rings is 1. The number of benzene rings is 1. The third-order valence-corrected chi connectivity index (χ3v) is 4.43. The maximum Gasteiger partial charge on any atom is 0.355 e. The van der Waals surface area contributed by atoms with Crippen molar-refractivity contribution in [2.75, 3.05) is 20.2 Å². The van der Waals surface area contributed by atoms with Crippen molar-refractivity contribution in [2.24, 2.45) is 0 Å². The van der Waals surface area contributed by atoms with Gasteiger partial charge in [-0.1, -0.05) is 6.07 Å². The van der Waals surface area contributed by atoms with Crippen LogP contribution in [0.3, 0.4) is 0 Å². The van der Waals surface area contributed by atoms with Crippen LogP contribution in [-0.4, -0.2) is 36.3 Å². The Bertz CT molecular complexity index is 676. The lowest BCUT2D eigenvalue weighted by Crippen LogP contribution is -2.08. The quantitative estimate of drug-likeness (QED) is 0.643. The van der Waals surface area contributed by atoms with Gasteiger partial charge in [-0.15, -0.1) is 11.3 Å². The maximum absolute atomic E-state index is 14.0. The largest absolute Gasteiger partial charge is 0.491 e. The summed E-state index contributed by atoms with van der Waals surface area (Å²) in [5.74, 6) is -1.15. The molecular formula is C17H21FN2O3S. The molecule has 7 heteroatoms. The fourth-order valence-electron chi connectivity index (χ4n) is 2.32. The van der Waals surface area contributed by atoms with E-state index in [4.69, 9.17) is 9.84 Å². The van der Waals surface area contributed by atoms with Crippen LogP contribution in [0.15, 0.2) is 23.7 Å². The van der Waals surface area contributed by atoms with Gasteiger partial charge in [0, 0.05) is 4.88 Å². The molecule has 2 N–H and O–H groups in total. The normalized spacial score (nSPS) is 10.8. The first kappa shape index (κ1) is 18.4. The van der Waals surface area contributed by atoms with E-state index in [1.807, 2.05) is 13.1 Å². The molecule has 0 fully saturated rings. The number of halogens is 1. The number of hydrogen-bond donors (Lipinski definition) is 2. The van der Waals surface area contributed by atoms with Crippen LogP contribution in [0.5, 0.6) is 5.75 Å². The van der Waals surface area contributed by atoms with Crippen LogP contribution < -0.4 is 10.1 Å². The lowest BCUT2D eigenvalue weighted by molar-refractivity contribution is 0.0690. The first-order valence-corrected chi connectivity index (χ1v) is 8.71. The Morgan fingerprint density at radius 1 is 1.38 bits per heavy atom. The number of carboxylic acid groups (broad SMARTS) is 1. The second-order valence-electron chi connectivity index (χ2n) is 5.35. The number of carbonyl (C=O) groups is 1. The fourth-order valence-corrected chi connectivity index (χ4v) is 3.12. The van der Waals surface area contributed by atoms with Gasteiger partial charge in [0.2, 0.25) is 0 Å². The van der Waals surface area contributed by atoms with E-state index >= 15 is 0 Å². The van der Waals surface area contributed by atoms with Gasteiger partial charge in [0.25, 0.3) is 0 Å². The molecule has 0 amide bonds. The van der Waals surface area contributed by atoms with E-state index in [-0.39, 0.29) is 17.3 Å². The zero-order valence-electron chi connectivity index (χ0n) is 13.5. The number of ether oxygens (including phenoxy) is 1. The molecule has 130 valence electrons. The molecule has 5 nitrogen and oxygen atoms in total. The van der Waals surface area contributed by atoms with Gasteiger partial charge in [-0.2, -0.15) is 0 Å². The molecule has 0 aliphatic rings. The molecule has 2 rings (SSSR count). The van der Waals surface area contributed by atoms with Gasteiger partial charge in [0.05, 0.1) is 12.1 Å². The van der Waals surface area contributed by atoms with Crippen molar-refractivity contribution < 1.29 is 19.0 Å². The molecule has 0 spiro atoms. The van der Waals surface area contributed by atoms with Crippen LogP contribution in [0, 0.1) is 5.82 Å². The minimum Gasteiger partial charge on any atom is -0.491 e. The Morgan fingerprint density at radius 3 is 2.92 bits per heavy atom. The van der Waals surface area contributed by atoms with Crippen LogP contribution in [0.4, 0.5) is 4.39 Å². The monoisotopic (exact) mass is 352 g/mol. The molecule has 1 aromatic carbocycles. The highest BCUT2D eigenvalue weighted by atomic mass is 32.1. The molecule has 0 unspecified atom stereocenters. The van der Waals surface area contributed by atoms with E-state index in [1.54, 1.807) is 6.07 Å². The molecule has 0 radical (unpaired) electrons. The second-order valence-corrected chi connectivity index (χ2v) is 6.29. The summed E-state index contributed by atoms with van der Waals surface area (Å²) in [4.78, 5) is 15.5. The summed E-state index contributed by atoms with van der Waals surface area (Å²) in [5, 5.41) is 12.1. The first-order valence-electron chi connectivity index (χ1n) is 7.83. The van der Waals surface area contributed by atoms with E-state index in [2.05, 4.69) is 10.3 Å². The summed E-state index contributed by atoms with van der Waals surface area (Å²) in [6.45, 7) is 1.22. The van der Waals surface area contributed by atoms with E-state index in [0.29, 0.717) is 24.3 Å². The predicted octanol–water partition coefficient (Wildman–Crippen LogP) is 3.14. The second kappa shape index (κ2) is 9.34. The van der Waals surface area contributed by atoms with Gasteiger partial charge >= 0.3 is 5.97 Å². The minimum atomic E-state index is -1.02. The molecule has 0 aliphatic carbocycles. The fraction of sp³-hybridized carbons (Fsp3) is 0.412. The van der Waals surface area contributed by atoms with E-state index < -0.39 is 5.97 Å². The van der Waals surface area contributed by atoms with Crippen molar-refractivity contribution >= 4 is 17.3 Å². The highest BCUT2D eigenvalue weighted by Crippen LogP contribution is 2.20. The van der Waals surface area contributed by atoms with Crippen molar-refractivity contribution in [1.82, 2.24) is 10.3 Å². The summed E-state index contributed by atoms with van der Waals surface area (Å²) >= 11 is 1.31. The molecule has 24 heavy (non-hydrogen) atoms. The van der Waals surface area contributed by atoms with Crippen molar-refractivity contribution in [1.29, 1.82) is 0 Å². The van der Waals surface area contributed by atoms with Crippen molar-refractivity contribution in [3.05, 3.63) is 45.7 Å². The predicted molar refractivity (Wildman–Crippen MR) is 91.5 cm³/mol. The number of aryl methyl sites for hydroxylation is 2. The minimum absolute atomic E-state index is 0.0945. The summed E-state index contributed by atoms with van der Waals surface area (Å²) in [5.41, 5.74) is 2.56. The number of nitrogens with zero attached hydrogens (tertiary/aromatic N) is 1. The van der Waals surface area contributed by atoms with Gasteiger partial charge in [-0.05, 0) is 57.0 Å². The molecule has 0 aliphatic heterocycles. The average Bonchev–Trinajstić information content (AvgIpc) is 3.02. The third-order valence-electron chi connectivity index (χ3n) is 3.54. The van der Waals surface area contributed by atoms with E-state index in [1.165, 1.54) is 22.9 Å². The number of aromatic carboxylic acids is 1. The number of aromatic nitrogens is 1. The molecule has 0 atom stereocenters. The van der Waals surface area contributed by atoms with E-state index in [0.717, 1.165) is 24.9 Å². The van der Waals surface area contributed by atoms with Crippen LogP contribution in [0.2, 0.25) is 0 Å². The standard InChI is InChI=1S/C17H21FN2O3S/c1-19-8-2-4-12-6-7-14(13(18)10-12)23-9-3-5-15-16(17(21)22)20-11-24-15/h6-7,10-11,19H,2-5,8-9H2,1H3,(H,21,22). The molecular weight excluding hydrogens is 331 g/mol. The zero-order chi connectivity index (χ0) is 17.4. The SMILES string of the molecule is CNCCCc1ccc(OCCCc2scnc2C(=O)O)c(F)c1. The van der Waals surface area contributed by atoms with Gasteiger partial charge in [-0.3, -0.25) is 0 Å². The lowest BCUT2D eigenvalue weighted by atomic mass is 10.1.